The lowest BCUT2D eigenvalue weighted by Gasteiger charge is -2.16. The Hall–Kier alpha value is -1.82. The smallest absolute Gasteiger partial charge is 0.276 e. The summed E-state index contributed by atoms with van der Waals surface area (Å²) in [4.78, 5) is 23.4. The highest BCUT2D eigenvalue weighted by Crippen LogP contribution is 2.27. The van der Waals surface area contributed by atoms with E-state index in [9.17, 15) is 9.59 Å². The Bertz CT molecular complexity index is 518. The number of hydroxylamine groups is 1. The van der Waals surface area contributed by atoms with Gasteiger partial charge in [0.05, 0.1) is 11.6 Å². The molecule has 1 aromatic rings. The van der Waals surface area contributed by atoms with Crippen molar-refractivity contribution in [3.63, 3.8) is 0 Å². The first kappa shape index (κ1) is 15.6. The zero-order valence-corrected chi connectivity index (χ0v) is 12.6. The summed E-state index contributed by atoms with van der Waals surface area (Å²) < 4.78 is 1.78. The topological polar surface area (TPSA) is 83.4 Å². The lowest BCUT2D eigenvalue weighted by molar-refractivity contribution is -0.122. The summed E-state index contributed by atoms with van der Waals surface area (Å²) in [5.74, 6) is 0.0198. The molecule has 1 saturated carbocycles. The van der Waals surface area contributed by atoms with Gasteiger partial charge in [-0.05, 0) is 31.7 Å². The summed E-state index contributed by atoms with van der Waals surface area (Å²) in [6.45, 7) is 1.89. The molecule has 6 heteroatoms. The molecule has 21 heavy (non-hydrogen) atoms. The van der Waals surface area contributed by atoms with E-state index < -0.39 is 5.91 Å². The van der Waals surface area contributed by atoms with Crippen molar-refractivity contribution in [2.24, 2.45) is 13.0 Å². The van der Waals surface area contributed by atoms with Crippen LogP contribution in [0.1, 0.15) is 61.1 Å². The molecule has 0 aliphatic heterocycles. The van der Waals surface area contributed by atoms with Gasteiger partial charge in [-0.25, -0.2) is 5.48 Å². The first-order valence-corrected chi connectivity index (χ1v) is 7.41. The molecule has 2 rings (SSSR count). The second-order valence-corrected chi connectivity index (χ2v) is 5.85. The van der Waals surface area contributed by atoms with Crippen LogP contribution in [0, 0.1) is 5.92 Å². The van der Waals surface area contributed by atoms with Crippen LogP contribution >= 0.6 is 0 Å². The molecule has 1 aromatic heterocycles. The fourth-order valence-electron chi connectivity index (χ4n) is 3.05. The van der Waals surface area contributed by atoms with E-state index >= 15 is 0 Å². The Kier molecular flexibility index (Phi) is 5.01. The first-order valence-electron chi connectivity index (χ1n) is 7.41. The summed E-state index contributed by atoms with van der Waals surface area (Å²) in [5, 5.41) is 11.6. The maximum Gasteiger partial charge on any atom is 0.276 e. The van der Waals surface area contributed by atoms with Crippen molar-refractivity contribution in [1.82, 2.24) is 15.4 Å². The minimum Gasteiger partial charge on any atom is -0.352 e. The Morgan fingerprint density at radius 3 is 2.71 bits per heavy atom. The Morgan fingerprint density at radius 2 is 2.10 bits per heavy atom. The number of nitrogens with zero attached hydrogens (tertiary/aromatic N) is 1. The van der Waals surface area contributed by atoms with E-state index in [0.717, 1.165) is 18.5 Å². The first-order chi connectivity index (χ1) is 10.0. The highest BCUT2D eigenvalue weighted by atomic mass is 16.5. The molecular weight excluding hydrogens is 270 g/mol. The number of carbonyl (C=O) groups is 2. The van der Waals surface area contributed by atoms with E-state index in [1.165, 1.54) is 12.8 Å². The van der Waals surface area contributed by atoms with E-state index in [4.69, 9.17) is 5.21 Å². The van der Waals surface area contributed by atoms with Gasteiger partial charge in [-0.2, -0.15) is 0 Å². The Labute approximate surface area is 124 Å². The molecule has 2 amide bonds. The van der Waals surface area contributed by atoms with Gasteiger partial charge < -0.3 is 9.88 Å². The molecule has 1 aliphatic rings. The molecular formula is C15H23N3O3. The molecule has 0 bridgehead atoms. The number of amides is 2. The molecule has 1 fully saturated rings. The number of aromatic nitrogens is 1. The maximum absolute atomic E-state index is 12.1. The summed E-state index contributed by atoms with van der Waals surface area (Å²) in [7, 11) is 1.81. The van der Waals surface area contributed by atoms with Crippen LogP contribution in [0.3, 0.4) is 0 Å². The van der Waals surface area contributed by atoms with Crippen molar-refractivity contribution in [2.45, 2.75) is 45.1 Å². The monoisotopic (exact) mass is 293 g/mol. The predicted octanol–water partition coefficient (Wildman–Crippen LogP) is 1.90. The van der Waals surface area contributed by atoms with Crippen LogP contribution < -0.4 is 10.8 Å². The number of aryl methyl sites for hydroxylation is 1. The van der Waals surface area contributed by atoms with E-state index in [-0.39, 0.29) is 11.9 Å². The van der Waals surface area contributed by atoms with E-state index in [1.807, 2.05) is 14.0 Å². The standard InChI is InChI=1S/C15H23N3O3/c1-10(16-14(19)7-11-5-3-4-6-11)13-8-12(9-18(13)2)15(20)17-21/h8-11,21H,3-7H2,1-2H3,(H,16,19)(H,17,20). The third-order valence-corrected chi connectivity index (χ3v) is 4.18. The molecule has 1 heterocycles. The number of carbonyl (C=O) groups excluding carboxylic acids is 2. The predicted molar refractivity (Wildman–Crippen MR) is 77.8 cm³/mol. The zero-order valence-electron chi connectivity index (χ0n) is 12.6. The van der Waals surface area contributed by atoms with Crippen molar-refractivity contribution in [1.29, 1.82) is 0 Å². The fraction of sp³-hybridized carbons (Fsp3) is 0.600. The molecule has 1 aliphatic carbocycles. The molecule has 6 nitrogen and oxygen atoms in total. The third-order valence-electron chi connectivity index (χ3n) is 4.18. The van der Waals surface area contributed by atoms with Crippen molar-refractivity contribution in [2.75, 3.05) is 0 Å². The van der Waals surface area contributed by atoms with Gasteiger partial charge in [-0.1, -0.05) is 12.8 Å². The van der Waals surface area contributed by atoms with Crippen molar-refractivity contribution >= 4 is 11.8 Å². The van der Waals surface area contributed by atoms with Crippen molar-refractivity contribution < 1.29 is 14.8 Å². The molecule has 0 spiro atoms. The molecule has 3 N–H and O–H groups in total. The van der Waals surface area contributed by atoms with Gasteiger partial charge in [0.2, 0.25) is 5.91 Å². The molecule has 116 valence electrons. The summed E-state index contributed by atoms with van der Waals surface area (Å²) >= 11 is 0. The van der Waals surface area contributed by atoms with Crippen LogP contribution in [0.2, 0.25) is 0 Å². The highest BCUT2D eigenvalue weighted by Gasteiger charge is 2.21. The molecule has 0 aromatic carbocycles. The summed E-state index contributed by atoms with van der Waals surface area (Å²) in [6.07, 6.45) is 6.95. The van der Waals surface area contributed by atoms with Gasteiger partial charge in [0, 0.05) is 25.4 Å². The van der Waals surface area contributed by atoms with Crippen LogP contribution in [0.5, 0.6) is 0 Å². The highest BCUT2D eigenvalue weighted by molar-refractivity contribution is 5.93. The van der Waals surface area contributed by atoms with E-state index in [0.29, 0.717) is 17.9 Å². The quantitative estimate of drug-likeness (QED) is 0.573. The SMILES string of the molecule is CC(NC(=O)CC1CCCC1)c1cc(C(=O)NO)cn1C. The van der Waals surface area contributed by atoms with Gasteiger partial charge in [0.1, 0.15) is 0 Å². The largest absolute Gasteiger partial charge is 0.352 e. The summed E-state index contributed by atoms with van der Waals surface area (Å²) in [5.41, 5.74) is 2.80. The molecule has 1 atom stereocenters. The normalized spacial score (nSPS) is 16.7. The van der Waals surface area contributed by atoms with Crippen LogP contribution in [-0.2, 0) is 11.8 Å². The number of hydrogen-bond acceptors (Lipinski definition) is 3. The number of rotatable bonds is 5. The third kappa shape index (κ3) is 3.85. The van der Waals surface area contributed by atoms with E-state index in [1.54, 1.807) is 22.3 Å². The lowest BCUT2D eigenvalue weighted by atomic mass is 10.0. The van der Waals surface area contributed by atoms with Crippen LogP contribution in [0.15, 0.2) is 12.3 Å². The Morgan fingerprint density at radius 1 is 1.43 bits per heavy atom. The fourth-order valence-corrected chi connectivity index (χ4v) is 3.05. The minimum atomic E-state index is -0.554. The number of hydrogen-bond donors (Lipinski definition) is 3. The average Bonchev–Trinajstić information content (AvgIpc) is 3.07. The van der Waals surface area contributed by atoms with Gasteiger partial charge in [0.15, 0.2) is 0 Å². The lowest BCUT2D eigenvalue weighted by Crippen LogP contribution is -2.29. The Balaban J connectivity index is 1.95. The zero-order chi connectivity index (χ0) is 15.4. The van der Waals surface area contributed by atoms with E-state index in [2.05, 4.69) is 5.32 Å². The van der Waals surface area contributed by atoms with Gasteiger partial charge in [-0.15, -0.1) is 0 Å². The molecule has 0 radical (unpaired) electrons. The van der Waals surface area contributed by atoms with Crippen LogP contribution in [0.4, 0.5) is 0 Å². The average molecular weight is 293 g/mol. The molecule has 0 saturated heterocycles. The van der Waals surface area contributed by atoms with Gasteiger partial charge in [-0.3, -0.25) is 14.8 Å². The van der Waals surface area contributed by atoms with Gasteiger partial charge in [0.25, 0.3) is 5.91 Å². The second kappa shape index (κ2) is 6.76. The van der Waals surface area contributed by atoms with Crippen molar-refractivity contribution in [3.05, 3.63) is 23.5 Å². The number of nitrogens with one attached hydrogen (secondary N) is 2. The molecule has 1 unspecified atom stereocenters. The van der Waals surface area contributed by atoms with Crippen LogP contribution in [0.25, 0.3) is 0 Å². The second-order valence-electron chi connectivity index (χ2n) is 5.85. The minimum absolute atomic E-state index is 0.0590. The van der Waals surface area contributed by atoms with Gasteiger partial charge >= 0.3 is 0 Å². The maximum atomic E-state index is 12.1. The van der Waals surface area contributed by atoms with Crippen LogP contribution in [-0.4, -0.2) is 21.6 Å². The van der Waals surface area contributed by atoms with Crippen molar-refractivity contribution in [3.8, 4) is 0 Å². The summed E-state index contributed by atoms with van der Waals surface area (Å²) in [6, 6.07) is 1.50.